The molecular formula is C22H23F2N5. The standard InChI is InChI=1S/C22H23F2N5/c1-22(8-9-22)13-27-21-26-10-16-15(4-2-3-5-17(16)28-21)14-6-7-19-25-11-18(20(23)24)29(19)12-14/h4,6-7,10-12,20H,2-3,5,8-9,13H2,1H3,(H,26,27,28). The fourth-order valence-electron chi connectivity index (χ4n) is 3.82. The Morgan fingerprint density at radius 3 is 2.86 bits per heavy atom. The van der Waals surface area contributed by atoms with Gasteiger partial charge in [-0.2, -0.15) is 0 Å². The third kappa shape index (κ3) is 3.50. The predicted molar refractivity (Wildman–Crippen MR) is 108 cm³/mol. The molecule has 3 aromatic rings. The van der Waals surface area contributed by atoms with Crippen LogP contribution in [0.1, 0.15) is 61.5 Å². The van der Waals surface area contributed by atoms with Gasteiger partial charge in [0.1, 0.15) is 11.3 Å². The van der Waals surface area contributed by atoms with Crippen molar-refractivity contribution in [1.29, 1.82) is 0 Å². The van der Waals surface area contributed by atoms with Crippen LogP contribution in [0.5, 0.6) is 0 Å². The number of imidazole rings is 1. The van der Waals surface area contributed by atoms with E-state index in [2.05, 4.69) is 28.3 Å². The Balaban J connectivity index is 1.50. The van der Waals surface area contributed by atoms with Crippen LogP contribution in [0.15, 0.2) is 36.8 Å². The first kappa shape index (κ1) is 18.2. The minimum Gasteiger partial charge on any atom is -0.354 e. The smallest absolute Gasteiger partial charge is 0.280 e. The molecule has 2 aliphatic rings. The first-order valence-corrected chi connectivity index (χ1v) is 10.1. The number of nitrogens with one attached hydrogen (secondary N) is 1. The number of anilines is 1. The van der Waals surface area contributed by atoms with E-state index >= 15 is 0 Å². The van der Waals surface area contributed by atoms with Crippen molar-refractivity contribution < 1.29 is 8.78 Å². The van der Waals surface area contributed by atoms with E-state index in [1.54, 1.807) is 12.3 Å². The summed E-state index contributed by atoms with van der Waals surface area (Å²) in [6.45, 7) is 3.16. The molecule has 2 aliphatic carbocycles. The summed E-state index contributed by atoms with van der Waals surface area (Å²) in [5, 5.41) is 3.38. The van der Waals surface area contributed by atoms with Crippen molar-refractivity contribution in [3.05, 3.63) is 59.3 Å². The highest BCUT2D eigenvalue weighted by Crippen LogP contribution is 2.44. The molecule has 5 rings (SSSR count). The lowest BCUT2D eigenvalue weighted by Crippen LogP contribution is -2.14. The summed E-state index contributed by atoms with van der Waals surface area (Å²) in [7, 11) is 0. The SMILES string of the molecule is CC1(CNc2ncc3c(n2)CCCC=C3c2ccc3ncc(C(F)F)n3c2)CC1. The fourth-order valence-corrected chi connectivity index (χ4v) is 3.82. The zero-order valence-electron chi connectivity index (χ0n) is 16.3. The van der Waals surface area contributed by atoms with E-state index in [1.807, 2.05) is 12.3 Å². The topological polar surface area (TPSA) is 55.1 Å². The number of hydrogen-bond donors (Lipinski definition) is 1. The second-order valence-corrected chi connectivity index (χ2v) is 8.36. The van der Waals surface area contributed by atoms with Crippen LogP contribution >= 0.6 is 0 Å². The first-order chi connectivity index (χ1) is 14.0. The molecule has 0 amide bonds. The Labute approximate surface area is 167 Å². The Morgan fingerprint density at radius 2 is 2.07 bits per heavy atom. The highest BCUT2D eigenvalue weighted by atomic mass is 19.3. The Hall–Kier alpha value is -2.83. The second-order valence-electron chi connectivity index (χ2n) is 8.36. The monoisotopic (exact) mass is 395 g/mol. The van der Waals surface area contributed by atoms with Crippen molar-refractivity contribution in [2.45, 2.75) is 45.5 Å². The molecule has 0 saturated heterocycles. The number of pyridine rings is 1. The number of allylic oxidation sites excluding steroid dienone is 1. The molecule has 29 heavy (non-hydrogen) atoms. The zero-order chi connectivity index (χ0) is 20.0. The van der Waals surface area contributed by atoms with Crippen LogP contribution in [0.2, 0.25) is 0 Å². The van der Waals surface area contributed by atoms with Crippen LogP contribution in [-0.4, -0.2) is 25.9 Å². The van der Waals surface area contributed by atoms with Crippen molar-refractivity contribution in [2.24, 2.45) is 5.41 Å². The van der Waals surface area contributed by atoms with E-state index in [9.17, 15) is 8.78 Å². The number of rotatable bonds is 5. The molecule has 1 fully saturated rings. The fraction of sp³-hybridized carbons (Fsp3) is 0.409. The van der Waals surface area contributed by atoms with Gasteiger partial charge >= 0.3 is 0 Å². The molecule has 0 aliphatic heterocycles. The van der Waals surface area contributed by atoms with Crippen molar-refractivity contribution >= 4 is 17.2 Å². The molecule has 7 heteroatoms. The van der Waals surface area contributed by atoms with E-state index in [-0.39, 0.29) is 5.69 Å². The average molecular weight is 395 g/mol. The van der Waals surface area contributed by atoms with E-state index in [1.165, 1.54) is 23.4 Å². The quantitative estimate of drug-likeness (QED) is 0.657. The van der Waals surface area contributed by atoms with E-state index in [0.717, 1.165) is 48.2 Å². The van der Waals surface area contributed by atoms with Crippen LogP contribution in [0.25, 0.3) is 11.2 Å². The summed E-state index contributed by atoms with van der Waals surface area (Å²) in [5.41, 5.74) is 4.65. The maximum absolute atomic E-state index is 13.3. The van der Waals surface area contributed by atoms with Gasteiger partial charge in [0.05, 0.1) is 11.9 Å². The normalized spacial score (nSPS) is 17.7. The minimum atomic E-state index is -2.57. The molecule has 0 unspecified atom stereocenters. The van der Waals surface area contributed by atoms with Crippen molar-refractivity contribution in [2.75, 3.05) is 11.9 Å². The number of aromatic nitrogens is 4. The molecule has 5 nitrogen and oxygen atoms in total. The molecule has 0 radical (unpaired) electrons. The number of halogens is 2. The summed E-state index contributed by atoms with van der Waals surface area (Å²) in [6.07, 6.45) is 9.71. The van der Waals surface area contributed by atoms with Crippen LogP contribution < -0.4 is 5.32 Å². The summed E-state index contributed by atoms with van der Waals surface area (Å²) in [4.78, 5) is 13.4. The third-order valence-corrected chi connectivity index (χ3v) is 5.97. The van der Waals surface area contributed by atoms with Crippen molar-refractivity contribution in [1.82, 2.24) is 19.4 Å². The maximum atomic E-state index is 13.3. The van der Waals surface area contributed by atoms with Gasteiger partial charge in [-0.15, -0.1) is 0 Å². The van der Waals surface area contributed by atoms with Gasteiger partial charge in [0.25, 0.3) is 6.43 Å². The number of alkyl halides is 2. The third-order valence-electron chi connectivity index (χ3n) is 5.97. The van der Waals surface area contributed by atoms with Crippen molar-refractivity contribution in [3.63, 3.8) is 0 Å². The van der Waals surface area contributed by atoms with Gasteiger partial charge in [-0.05, 0) is 60.8 Å². The van der Waals surface area contributed by atoms with Gasteiger partial charge in [-0.25, -0.2) is 23.7 Å². The molecule has 1 saturated carbocycles. The summed E-state index contributed by atoms with van der Waals surface area (Å²) < 4.78 is 28.1. The molecule has 150 valence electrons. The number of aryl methyl sites for hydroxylation is 1. The van der Waals surface area contributed by atoms with Crippen LogP contribution in [0, 0.1) is 5.41 Å². The first-order valence-electron chi connectivity index (χ1n) is 10.1. The average Bonchev–Trinajstić information content (AvgIpc) is 3.36. The number of nitrogens with zero attached hydrogens (tertiary/aromatic N) is 4. The van der Waals surface area contributed by atoms with Crippen LogP contribution in [0.3, 0.4) is 0 Å². The molecule has 0 bridgehead atoms. The largest absolute Gasteiger partial charge is 0.354 e. The summed E-state index contributed by atoms with van der Waals surface area (Å²) in [6, 6.07) is 3.71. The van der Waals surface area contributed by atoms with Gasteiger partial charge in [0, 0.05) is 24.5 Å². The van der Waals surface area contributed by atoms with Gasteiger partial charge in [-0.3, -0.25) is 4.40 Å². The van der Waals surface area contributed by atoms with E-state index < -0.39 is 6.43 Å². The lowest BCUT2D eigenvalue weighted by atomic mass is 9.99. The molecular weight excluding hydrogens is 372 g/mol. The van der Waals surface area contributed by atoms with Gasteiger partial charge < -0.3 is 5.32 Å². The van der Waals surface area contributed by atoms with Gasteiger partial charge in [0.2, 0.25) is 5.95 Å². The van der Waals surface area contributed by atoms with Gasteiger partial charge in [0.15, 0.2) is 0 Å². The molecule has 0 atom stereocenters. The molecule has 3 aromatic heterocycles. The highest BCUT2D eigenvalue weighted by Gasteiger charge is 2.37. The molecule has 0 spiro atoms. The van der Waals surface area contributed by atoms with Crippen molar-refractivity contribution in [3.8, 4) is 0 Å². The summed E-state index contributed by atoms with van der Waals surface area (Å²) >= 11 is 0. The number of fused-ring (bicyclic) bond motifs is 2. The van der Waals surface area contributed by atoms with E-state index in [4.69, 9.17) is 4.98 Å². The Kier molecular flexibility index (Phi) is 4.33. The number of hydrogen-bond acceptors (Lipinski definition) is 4. The summed E-state index contributed by atoms with van der Waals surface area (Å²) in [5.74, 6) is 0.670. The zero-order valence-corrected chi connectivity index (χ0v) is 16.3. The van der Waals surface area contributed by atoms with Gasteiger partial charge in [-0.1, -0.05) is 13.0 Å². The minimum absolute atomic E-state index is 0.0966. The second kappa shape index (κ2) is 6.90. The Bertz CT molecular complexity index is 1100. The molecule has 0 aromatic carbocycles. The van der Waals surface area contributed by atoms with E-state index in [0.29, 0.717) is 17.0 Å². The molecule has 1 N–H and O–H groups in total. The lowest BCUT2D eigenvalue weighted by molar-refractivity contribution is 0.145. The highest BCUT2D eigenvalue weighted by molar-refractivity contribution is 5.81. The van der Waals surface area contributed by atoms with Crippen LogP contribution in [0.4, 0.5) is 14.7 Å². The molecule has 3 heterocycles. The van der Waals surface area contributed by atoms with Crippen LogP contribution in [-0.2, 0) is 6.42 Å². The maximum Gasteiger partial charge on any atom is 0.280 e. The predicted octanol–water partition coefficient (Wildman–Crippen LogP) is 5.04. The Morgan fingerprint density at radius 1 is 1.21 bits per heavy atom. The lowest BCUT2D eigenvalue weighted by Gasteiger charge is -2.14.